The van der Waals surface area contributed by atoms with Crippen molar-refractivity contribution in [1.29, 1.82) is 0 Å². The van der Waals surface area contributed by atoms with Gasteiger partial charge in [-0.2, -0.15) is 0 Å². The van der Waals surface area contributed by atoms with Crippen molar-refractivity contribution in [3.63, 3.8) is 0 Å². The molecule has 2 aromatic carbocycles. The second-order valence-corrected chi connectivity index (χ2v) is 3.92. The molecule has 0 spiro atoms. The van der Waals surface area contributed by atoms with E-state index in [2.05, 4.69) is 5.32 Å². The number of anilines is 1. The molecule has 0 aliphatic heterocycles. The lowest BCUT2D eigenvalue weighted by molar-refractivity contribution is 0.259. The summed E-state index contributed by atoms with van der Waals surface area (Å²) in [5.74, 6) is 0. The van der Waals surface area contributed by atoms with Gasteiger partial charge in [0.2, 0.25) is 0 Å². The second-order valence-electron chi connectivity index (χ2n) is 3.51. The number of nitrogens with one attached hydrogen (secondary N) is 1. The number of carbonyl (C=O) groups excluding carboxylic acids is 1. The Morgan fingerprint density at radius 3 is 2.24 bits per heavy atom. The minimum atomic E-state index is -0.593. The lowest BCUT2D eigenvalue weighted by Crippen LogP contribution is -2.19. The van der Waals surface area contributed by atoms with Crippen LogP contribution in [-0.2, 0) is 0 Å². The van der Waals surface area contributed by atoms with Gasteiger partial charge in [0.05, 0.1) is 5.69 Å². The lowest BCUT2D eigenvalue weighted by Gasteiger charge is -2.10. The maximum Gasteiger partial charge on any atom is 0.316 e. The Kier molecular flexibility index (Phi) is 3.30. The van der Waals surface area contributed by atoms with E-state index in [0.717, 1.165) is 11.1 Å². The molecule has 2 aromatic rings. The van der Waals surface area contributed by atoms with Crippen LogP contribution in [0.5, 0.6) is 0 Å². The van der Waals surface area contributed by atoms with Gasteiger partial charge >= 0.3 is 6.03 Å². The average molecular weight is 247 g/mol. The second kappa shape index (κ2) is 4.89. The van der Waals surface area contributed by atoms with Gasteiger partial charge in [-0.1, -0.05) is 48.0 Å². The van der Waals surface area contributed by atoms with E-state index >= 15 is 0 Å². The number of hydrogen-bond acceptors (Lipinski definition) is 1. The summed E-state index contributed by atoms with van der Waals surface area (Å²) in [4.78, 5) is 10.9. The van der Waals surface area contributed by atoms with Gasteiger partial charge in [-0.3, -0.25) is 0 Å². The largest absolute Gasteiger partial charge is 0.351 e. The first-order chi connectivity index (χ1) is 8.18. The molecule has 0 atom stereocenters. The van der Waals surface area contributed by atoms with Crippen molar-refractivity contribution >= 4 is 23.3 Å². The van der Waals surface area contributed by atoms with Crippen molar-refractivity contribution in [2.24, 2.45) is 5.73 Å². The van der Waals surface area contributed by atoms with E-state index in [0.29, 0.717) is 10.7 Å². The monoisotopic (exact) mass is 246 g/mol. The number of urea groups is 1. The quantitative estimate of drug-likeness (QED) is 0.837. The molecular formula is C13H11ClN2O. The highest BCUT2D eigenvalue weighted by atomic mass is 35.5. The normalized spacial score (nSPS) is 9.94. The number of halogens is 1. The number of para-hydroxylation sites is 1. The Hall–Kier alpha value is -2.00. The lowest BCUT2D eigenvalue weighted by atomic mass is 10.0. The first-order valence-electron chi connectivity index (χ1n) is 5.09. The van der Waals surface area contributed by atoms with Crippen LogP contribution in [0.1, 0.15) is 0 Å². The number of nitrogens with two attached hydrogens (primary N) is 1. The maximum absolute atomic E-state index is 10.9. The van der Waals surface area contributed by atoms with Gasteiger partial charge < -0.3 is 11.1 Å². The van der Waals surface area contributed by atoms with Crippen LogP contribution in [0.25, 0.3) is 11.1 Å². The van der Waals surface area contributed by atoms with E-state index in [1.165, 1.54) is 0 Å². The first-order valence-corrected chi connectivity index (χ1v) is 5.46. The van der Waals surface area contributed by atoms with E-state index < -0.39 is 6.03 Å². The summed E-state index contributed by atoms with van der Waals surface area (Å²) in [7, 11) is 0. The van der Waals surface area contributed by atoms with Crippen LogP contribution in [0, 0.1) is 0 Å². The molecule has 2 rings (SSSR count). The van der Waals surface area contributed by atoms with Crippen LogP contribution in [0.3, 0.4) is 0 Å². The van der Waals surface area contributed by atoms with Crippen LogP contribution >= 0.6 is 11.6 Å². The third-order valence-electron chi connectivity index (χ3n) is 2.35. The summed E-state index contributed by atoms with van der Waals surface area (Å²) in [5.41, 5.74) is 7.48. The summed E-state index contributed by atoms with van der Waals surface area (Å²) in [6.07, 6.45) is 0. The van der Waals surface area contributed by atoms with Crippen molar-refractivity contribution in [2.75, 3.05) is 5.32 Å². The average Bonchev–Trinajstić information content (AvgIpc) is 2.30. The summed E-state index contributed by atoms with van der Waals surface area (Å²) >= 11 is 6.12. The molecule has 2 amide bonds. The molecule has 0 aliphatic rings. The number of primary amides is 1. The predicted octanol–water partition coefficient (Wildman–Crippen LogP) is 3.50. The van der Waals surface area contributed by atoms with Crippen LogP contribution in [-0.4, -0.2) is 6.03 Å². The Morgan fingerprint density at radius 2 is 1.59 bits per heavy atom. The molecule has 0 aliphatic carbocycles. The molecule has 0 saturated carbocycles. The van der Waals surface area contributed by atoms with Crippen molar-refractivity contribution < 1.29 is 4.79 Å². The zero-order valence-electron chi connectivity index (χ0n) is 8.98. The van der Waals surface area contributed by atoms with Gasteiger partial charge in [0.15, 0.2) is 0 Å². The van der Waals surface area contributed by atoms with Gasteiger partial charge in [0.1, 0.15) is 0 Å². The molecule has 0 saturated heterocycles. The molecule has 0 radical (unpaired) electrons. The third kappa shape index (κ3) is 2.57. The molecule has 4 heteroatoms. The van der Waals surface area contributed by atoms with Crippen molar-refractivity contribution in [3.8, 4) is 11.1 Å². The van der Waals surface area contributed by atoms with E-state index in [-0.39, 0.29) is 0 Å². The van der Waals surface area contributed by atoms with Crippen LogP contribution in [0.2, 0.25) is 5.02 Å². The highest BCUT2D eigenvalue weighted by molar-refractivity contribution is 6.33. The van der Waals surface area contributed by atoms with Crippen LogP contribution in [0.4, 0.5) is 10.5 Å². The molecule has 0 fully saturated rings. The summed E-state index contributed by atoms with van der Waals surface area (Å²) in [6, 6.07) is 14.2. The Labute approximate surface area is 104 Å². The maximum atomic E-state index is 10.9. The van der Waals surface area contributed by atoms with Gasteiger partial charge in [0, 0.05) is 16.1 Å². The molecule has 3 nitrogen and oxygen atoms in total. The number of carbonyl (C=O) groups is 1. The number of amides is 2. The van der Waals surface area contributed by atoms with Crippen LogP contribution < -0.4 is 11.1 Å². The predicted molar refractivity (Wildman–Crippen MR) is 70.1 cm³/mol. The highest BCUT2D eigenvalue weighted by Gasteiger charge is 2.08. The Balaban J connectivity index is 2.52. The number of rotatable bonds is 2. The Bertz CT molecular complexity index is 555. The Morgan fingerprint density at radius 1 is 1.00 bits per heavy atom. The molecule has 0 bridgehead atoms. The van der Waals surface area contributed by atoms with E-state index in [1.54, 1.807) is 12.1 Å². The van der Waals surface area contributed by atoms with Crippen molar-refractivity contribution in [2.45, 2.75) is 0 Å². The smallest absolute Gasteiger partial charge is 0.316 e. The van der Waals surface area contributed by atoms with Gasteiger partial charge in [-0.05, 0) is 12.1 Å². The zero-order valence-corrected chi connectivity index (χ0v) is 9.74. The van der Waals surface area contributed by atoms with E-state index in [9.17, 15) is 4.79 Å². The first kappa shape index (κ1) is 11.5. The summed E-state index contributed by atoms with van der Waals surface area (Å²) in [6.45, 7) is 0. The summed E-state index contributed by atoms with van der Waals surface area (Å²) < 4.78 is 0. The fraction of sp³-hybridized carbons (Fsp3) is 0. The molecular weight excluding hydrogens is 236 g/mol. The fourth-order valence-corrected chi connectivity index (χ4v) is 1.88. The standard InChI is InChI=1S/C13H11ClN2O/c14-11-7-3-1-5-9(11)10-6-2-4-8-12(10)16-13(15)17/h1-8H,(H3,15,16,17). The fourth-order valence-electron chi connectivity index (χ4n) is 1.64. The van der Waals surface area contributed by atoms with E-state index in [4.69, 9.17) is 17.3 Å². The molecule has 86 valence electrons. The zero-order chi connectivity index (χ0) is 12.3. The SMILES string of the molecule is NC(=O)Nc1ccccc1-c1ccccc1Cl. The van der Waals surface area contributed by atoms with Gasteiger partial charge in [0.25, 0.3) is 0 Å². The third-order valence-corrected chi connectivity index (χ3v) is 2.68. The minimum Gasteiger partial charge on any atom is -0.351 e. The van der Waals surface area contributed by atoms with Crippen molar-refractivity contribution in [1.82, 2.24) is 0 Å². The van der Waals surface area contributed by atoms with Crippen molar-refractivity contribution in [3.05, 3.63) is 53.6 Å². The molecule has 17 heavy (non-hydrogen) atoms. The molecule has 0 aromatic heterocycles. The van der Waals surface area contributed by atoms with Gasteiger partial charge in [-0.15, -0.1) is 0 Å². The molecule has 0 heterocycles. The highest BCUT2D eigenvalue weighted by Crippen LogP contribution is 2.32. The topological polar surface area (TPSA) is 55.1 Å². The number of benzene rings is 2. The molecule has 3 N–H and O–H groups in total. The van der Waals surface area contributed by atoms with E-state index in [1.807, 2.05) is 36.4 Å². The van der Waals surface area contributed by atoms with Crippen LogP contribution in [0.15, 0.2) is 48.5 Å². The van der Waals surface area contributed by atoms with Gasteiger partial charge in [-0.25, -0.2) is 4.79 Å². The molecule has 0 unspecified atom stereocenters. The number of hydrogen-bond donors (Lipinski definition) is 2. The minimum absolute atomic E-state index is 0.593. The summed E-state index contributed by atoms with van der Waals surface area (Å²) in [5, 5.41) is 3.21.